The van der Waals surface area contributed by atoms with Gasteiger partial charge in [-0.1, -0.05) is 13.8 Å². The first-order chi connectivity index (χ1) is 8.08. The average Bonchev–Trinajstić information content (AvgIpc) is 2.80. The van der Waals surface area contributed by atoms with E-state index in [4.69, 9.17) is 10.7 Å². The van der Waals surface area contributed by atoms with Crippen LogP contribution >= 0.6 is 11.3 Å². The smallest absolute Gasteiger partial charge is 0.110 e. The molecule has 2 N–H and O–H groups in total. The number of fused-ring (bicyclic) bond motifs is 4. The van der Waals surface area contributed by atoms with Crippen molar-refractivity contribution in [1.82, 2.24) is 9.88 Å². The Hall–Kier alpha value is -0.450. The van der Waals surface area contributed by atoms with Crippen LogP contribution in [0.25, 0.3) is 0 Å². The molecule has 3 atom stereocenters. The van der Waals surface area contributed by atoms with Crippen LogP contribution in [0.5, 0.6) is 0 Å². The number of thiazole rings is 1. The summed E-state index contributed by atoms with van der Waals surface area (Å²) in [6.07, 6.45) is 3.76. The Balaban J connectivity index is 1.95. The zero-order chi connectivity index (χ0) is 12.2. The van der Waals surface area contributed by atoms with Crippen LogP contribution in [0.1, 0.15) is 54.4 Å². The van der Waals surface area contributed by atoms with Crippen LogP contribution in [0.2, 0.25) is 0 Å². The zero-order valence-corrected chi connectivity index (χ0v) is 11.6. The van der Waals surface area contributed by atoms with Crippen LogP contribution < -0.4 is 5.73 Å². The first kappa shape index (κ1) is 11.6. The molecule has 2 aliphatic heterocycles. The summed E-state index contributed by atoms with van der Waals surface area (Å²) >= 11 is 1.86. The van der Waals surface area contributed by atoms with Crippen LogP contribution in [-0.4, -0.2) is 23.0 Å². The van der Waals surface area contributed by atoms with Crippen molar-refractivity contribution in [1.29, 1.82) is 0 Å². The van der Waals surface area contributed by atoms with Crippen molar-refractivity contribution in [3.63, 3.8) is 0 Å². The highest BCUT2D eigenvalue weighted by atomic mass is 32.1. The fraction of sp³-hybridized carbons (Fsp3) is 0.769. The molecule has 0 amide bonds. The fourth-order valence-electron chi connectivity index (χ4n) is 3.01. The van der Waals surface area contributed by atoms with E-state index in [1.165, 1.54) is 23.4 Å². The largest absolute Gasteiger partial charge is 0.322 e. The number of nitrogens with zero attached hydrogens (tertiary/aromatic N) is 2. The molecule has 1 saturated heterocycles. The van der Waals surface area contributed by atoms with E-state index in [-0.39, 0.29) is 6.04 Å². The van der Waals surface area contributed by atoms with Crippen LogP contribution in [-0.2, 0) is 6.42 Å². The Morgan fingerprint density at radius 2 is 2.18 bits per heavy atom. The van der Waals surface area contributed by atoms with Gasteiger partial charge in [-0.2, -0.15) is 0 Å². The Morgan fingerprint density at radius 3 is 2.88 bits per heavy atom. The van der Waals surface area contributed by atoms with Crippen molar-refractivity contribution >= 4 is 11.3 Å². The van der Waals surface area contributed by atoms with Gasteiger partial charge in [-0.3, -0.25) is 4.90 Å². The lowest BCUT2D eigenvalue weighted by Crippen LogP contribution is -2.33. The van der Waals surface area contributed by atoms with E-state index >= 15 is 0 Å². The van der Waals surface area contributed by atoms with Gasteiger partial charge >= 0.3 is 0 Å². The third-order valence-corrected chi connectivity index (χ3v) is 5.62. The first-order valence-corrected chi connectivity index (χ1v) is 7.36. The molecule has 3 nitrogen and oxygen atoms in total. The maximum atomic E-state index is 6.22. The third kappa shape index (κ3) is 1.74. The lowest BCUT2D eigenvalue weighted by Gasteiger charge is -2.29. The minimum atomic E-state index is 0.106. The average molecular weight is 251 g/mol. The minimum Gasteiger partial charge on any atom is -0.322 e. The molecule has 3 unspecified atom stereocenters. The number of hydrogen-bond donors (Lipinski definition) is 1. The normalized spacial score (nSPS) is 29.7. The predicted octanol–water partition coefficient (Wildman–Crippen LogP) is 2.49. The molecular weight excluding hydrogens is 230 g/mol. The number of rotatable bonds is 2. The van der Waals surface area contributed by atoms with E-state index in [0.717, 1.165) is 17.5 Å². The Morgan fingerprint density at radius 1 is 1.41 bits per heavy atom. The zero-order valence-electron chi connectivity index (χ0n) is 10.8. The van der Waals surface area contributed by atoms with Crippen molar-refractivity contribution in [2.45, 2.75) is 51.2 Å². The van der Waals surface area contributed by atoms with Gasteiger partial charge in [-0.15, -0.1) is 11.3 Å². The minimum absolute atomic E-state index is 0.106. The second-order valence-corrected chi connectivity index (χ2v) is 6.81. The van der Waals surface area contributed by atoms with Gasteiger partial charge in [0.15, 0.2) is 0 Å². The maximum absolute atomic E-state index is 6.22. The second-order valence-electron chi connectivity index (χ2n) is 5.75. The standard InChI is InChI=1S/C13H21N3S/c1-7(2)11(14)13-15-9-6-8-4-5-10(16(8)3)12(9)17-13/h7-8,10-11H,4-6,14H2,1-3H3. The molecule has 4 heteroatoms. The molecule has 1 fully saturated rings. The topological polar surface area (TPSA) is 42.1 Å². The summed E-state index contributed by atoms with van der Waals surface area (Å²) in [5, 5.41) is 1.14. The summed E-state index contributed by atoms with van der Waals surface area (Å²) < 4.78 is 0. The molecule has 0 spiro atoms. The molecule has 2 bridgehead atoms. The van der Waals surface area contributed by atoms with Gasteiger partial charge in [0.1, 0.15) is 5.01 Å². The molecule has 3 rings (SSSR count). The van der Waals surface area contributed by atoms with Gasteiger partial charge in [-0.25, -0.2) is 4.98 Å². The van der Waals surface area contributed by atoms with Crippen LogP contribution in [0, 0.1) is 5.92 Å². The molecule has 94 valence electrons. The lowest BCUT2D eigenvalue weighted by molar-refractivity contribution is 0.226. The molecule has 0 radical (unpaired) electrons. The van der Waals surface area contributed by atoms with Crippen molar-refractivity contribution in [2.24, 2.45) is 11.7 Å². The van der Waals surface area contributed by atoms with E-state index in [1.807, 2.05) is 11.3 Å². The highest BCUT2D eigenvalue weighted by Crippen LogP contribution is 2.45. The molecule has 0 aromatic carbocycles. The summed E-state index contributed by atoms with van der Waals surface area (Å²) in [4.78, 5) is 8.84. The maximum Gasteiger partial charge on any atom is 0.110 e. The van der Waals surface area contributed by atoms with Crippen LogP contribution in [0.4, 0.5) is 0 Å². The van der Waals surface area contributed by atoms with E-state index < -0.39 is 0 Å². The quantitative estimate of drug-likeness (QED) is 0.878. The summed E-state index contributed by atoms with van der Waals surface area (Å²) in [5.74, 6) is 0.470. The highest BCUT2D eigenvalue weighted by molar-refractivity contribution is 7.12. The molecule has 1 aromatic rings. The number of aromatic nitrogens is 1. The van der Waals surface area contributed by atoms with Gasteiger partial charge in [0.05, 0.1) is 11.7 Å². The summed E-state index contributed by atoms with van der Waals surface area (Å²) in [6.45, 7) is 4.34. The monoisotopic (exact) mass is 251 g/mol. The van der Waals surface area contributed by atoms with E-state index in [9.17, 15) is 0 Å². The number of nitrogens with two attached hydrogens (primary N) is 1. The Bertz CT molecular complexity index is 426. The first-order valence-electron chi connectivity index (χ1n) is 6.55. The number of hydrogen-bond acceptors (Lipinski definition) is 4. The van der Waals surface area contributed by atoms with E-state index in [0.29, 0.717) is 12.0 Å². The van der Waals surface area contributed by atoms with Crippen molar-refractivity contribution in [3.8, 4) is 0 Å². The molecule has 0 saturated carbocycles. The third-order valence-electron chi connectivity index (χ3n) is 4.32. The molecule has 1 aromatic heterocycles. The van der Waals surface area contributed by atoms with Crippen molar-refractivity contribution in [2.75, 3.05) is 7.05 Å². The van der Waals surface area contributed by atoms with Gasteiger partial charge in [0.25, 0.3) is 0 Å². The molecule has 17 heavy (non-hydrogen) atoms. The fourth-order valence-corrected chi connectivity index (χ4v) is 4.47. The van der Waals surface area contributed by atoms with Crippen LogP contribution in [0.3, 0.4) is 0 Å². The SMILES string of the molecule is CC(C)C(N)c1nc2c(s1)C1CCC(C2)N1C. The van der Waals surface area contributed by atoms with Gasteiger partial charge < -0.3 is 5.73 Å². The molecular formula is C13H21N3S. The lowest BCUT2D eigenvalue weighted by atomic mass is 10.1. The van der Waals surface area contributed by atoms with Gasteiger partial charge in [-0.05, 0) is 25.8 Å². The number of likely N-dealkylation sites (N-methyl/N-ethyl adjacent to an activating group) is 1. The summed E-state index contributed by atoms with van der Waals surface area (Å²) in [5.41, 5.74) is 7.56. The second kappa shape index (κ2) is 4.04. The van der Waals surface area contributed by atoms with Gasteiger partial charge in [0, 0.05) is 23.4 Å². The Kier molecular flexibility index (Phi) is 2.76. The molecule has 2 aliphatic rings. The van der Waals surface area contributed by atoms with E-state index in [1.54, 1.807) is 0 Å². The summed E-state index contributed by atoms with van der Waals surface area (Å²) in [7, 11) is 2.26. The summed E-state index contributed by atoms with van der Waals surface area (Å²) in [6, 6.07) is 1.45. The highest BCUT2D eigenvalue weighted by Gasteiger charge is 2.40. The predicted molar refractivity (Wildman–Crippen MR) is 71.1 cm³/mol. The Labute approximate surface area is 107 Å². The van der Waals surface area contributed by atoms with Crippen molar-refractivity contribution < 1.29 is 0 Å². The molecule has 3 heterocycles. The molecule has 0 aliphatic carbocycles. The van der Waals surface area contributed by atoms with Crippen LogP contribution in [0.15, 0.2) is 0 Å². The van der Waals surface area contributed by atoms with Gasteiger partial charge in [0.2, 0.25) is 0 Å². The van der Waals surface area contributed by atoms with E-state index in [2.05, 4.69) is 25.8 Å². The van der Waals surface area contributed by atoms with Crippen molar-refractivity contribution in [3.05, 3.63) is 15.6 Å².